The van der Waals surface area contributed by atoms with E-state index in [0.717, 1.165) is 62.6 Å². The molecule has 6 rings (SSSR count). The standard InChI is InChI=1S/C21H30N4O/c26-21(19-17-14-5-6-15(12-14)18(17)19)24-10-7-13(8-11-24)20-23-22-16-4-2-1-3-9-25(16)20/h13-15,17-19H,1-12H2/t14-,15-,17-,18+,19?/m0/s1. The number of likely N-dealkylation sites (tertiary alicyclic amines) is 1. The summed E-state index contributed by atoms with van der Waals surface area (Å²) in [4.78, 5) is 15.3. The summed E-state index contributed by atoms with van der Waals surface area (Å²) in [6, 6.07) is 0. The molecule has 3 aliphatic carbocycles. The summed E-state index contributed by atoms with van der Waals surface area (Å²) in [5, 5.41) is 9.04. The molecule has 140 valence electrons. The molecule has 3 saturated carbocycles. The number of nitrogens with zero attached hydrogens (tertiary/aromatic N) is 4. The number of hydrogen-bond donors (Lipinski definition) is 0. The first-order valence-corrected chi connectivity index (χ1v) is 11.0. The predicted molar refractivity (Wildman–Crippen MR) is 97.4 cm³/mol. The van der Waals surface area contributed by atoms with Gasteiger partial charge >= 0.3 is 0 Å². The highest BCUT2D eigenvalue weighted by molar-refractivity contribution is 5.83. The van der Waals surface area contributed by atoms with Gasteiger partial charge in [-0.3, -0.25) is 4.79 Å². The molecule has 1 saturated heterocycles. The van der Waals surface area contributed by atoms with Gasteiger partial charge in [-0.1, -0.05) is 6.42 Å². The quantitative estimate of drug-likeness (QED) is 0.820. The Kier molecular flexibility index (Phi) is 3.49. The summed E-state index contributed by atoms with van der Waals surface area (Å²) in [6.45, 7) is 2.94. The van der Waals surface area contributed by atoms with Crippen molar-refractivity contribution in [2.75, 3.05) is 13.1 Å². The molecule has 5 aliphatic rings. The van der Waals surface area contributed by atoms with Gasteiger partial charge in [0, 0.05) is 37.9 Å². The predicted octanol–water partition coefficient (Wildman–Crippen LogP) is 3.00. The second-order valence-electron chi connectivity index (χ2n) is 9.55. The summed E-state index contributed by atoms with van der Waals surface area (Å²) in [5.74, 6) is 7.11. The summed E-state index contributed by atoms with van der Waals surface area (Å²) >= 11 is 0. The van der Waals surface area contributed by atoms with Gasteiger partial charge in [0.05, 0.1) is 0 Å². The van der Waals surface area contributed by atoms with Gasteiger partial charge in [-0.05, 0) is 68.6 Å². The molecule has 5 atom stereocenters. The van der Waals surface area contributed by atoms with Gasteiger partial charge in [0.15, 0.2) is 0 Å². The molecule has 0 aromatic carbocycles. The monoisotopic (exact) mass is 354 g/mol. The van der Waals surface area contributed by atoms with Crippen LogP contribution in [0.4, 0.5) is 0 Å². The molecule has 1 aromatic heterocycles. The van der Waals surface area contributed by atoms with Crippen molar-refractivity contribution in [3.8, 4) is 0 Å². The average molecular weight is 354 g/mol. The van der Waals surface area contributed by atoms with Crippen molar-refractivity contribution in [1.29, 1.82) is 0 Å². The van der Waals surface area contributed by atoms with E-state index in [-0.39, 0.29) is 0 Å². The lowest BCUT2D eigenvalue weighted by molar-refractivity contribution is -0.134. The van der Waals surface area contributed by atoms with Gasteiger partial charge in [-0.15, -0.1) is 10.2 Å². The third-order valence-corrected chi connectivity index (χ3v) is 8.33. The number of piperidine rings is 1. The number of amides is 1. The lowest BCUT2D eigenvalue weighted by atomic mass is 9.94. The minimum absolute atomic E-state index is 0.405. The zero-order valence-corrected chi connectivity index (χ0v) is 15.6. The van der Waals surface area contributed by atoms with E-state index in [1.165, 1.54) is 50.2 Å². The Morgan fingerprint density at radius 2 is 1.65 bits per heavy atom. The van der Waals surface area contributed by atoms with Crippen LogP contribution in [0.25, 0.3) is 0 Å². The van der Waals surface area contributed by atoms with Crippen LogP contribution in [-0.2, 0) is 17.8 Å². The summed E-state index contributed by atoms with van der Waals surface area (Å²) in [5.41, 5.74) is 0. The molecule has 5 heteroatoms. The van der Waals surface area contributed by atoms with Crippen LogP contribution >= 0.6 is 0 Å². The van der Waals surface area contributed by atoms with Crippen molar-refractivity contribution in [1.82, 2.24) is 19.7 Å². The molecule has 0 spiro atoms. The van der Waals surface area contributed by atoms with E-state index >= 15 is 0 Å². The number of carbonyl (C=O) groups is 1. The lowest BCUT2D eigenvalue weighted by Crippen LogP contribution is -2.40. The van der Waals surface area contributed by atoms with E-state index in [1.54, 1.807) is 0 Å². The molecule has 0 radical (unpaired) electrons. The highest BCUT2D eigenvalue weighted by Gasteiger charge is 2.68. The zero-order valence-electron chi connectivity index (χ0n) is 15.6. The number of hydrogen-bond acceptors (Lipinski definition) is 3. The number of carbonyl (C=O) groups excluding carboxylic acids is 1. The first-order valence-electron chi connectivity index (χ1n) is 11.0. The number of aromatic nitrogens is 3. The van der Waals surface area contributed by atoms with E-state index in [4.69, 9.17) is 0 Å². The Morgan fingerprint density at radius 3 is 2.42 bits per heavy atom. The van der Waals surface area contributed by atoms with Gasteiger partial charge in [-0.2, -0.15) is 0 Å². The van der Waals surface area contributed by atoms with Gasteiger partial charge in [0.1, 0.15) is 11.6 Å². The van der Waals surface area contributed by atoms with Crippen molar-refractivity contribution in [3.63, 3.8) is 0 Å². The zero-order chi connectivity index (χ0) is 17.3. The van der Waals surface area contributed by atoms with Crippen molar-refractivity contribution in [2.24, 2.45) is 29.6 Å². The van der Waals surface area contributed by atoms with Gasteiger partial charge in [0.2, 0.25) is 5.91 Å². The summed E-state index contributed by atoms with van der Waals surface area (Å²) < 4.78 is 2.40. The van der Waals surface area contributed by atoms with Crippen molar-refractivity contribution in [3.05, 3.63) is 11.6 Å². The fourth-order valence-electron chi connectivity index (χ4n) is 7.03. The number of rotatable bonds is 2. The smallest absolute Gasteiger partial charge is 0.226 e. The number of fused-ring (bicyclic) bond motifs is 6. The van der Waals surface area contributed by atoms with Crippen molar-refractivity contribution >= 4 is 5.91 Å². The Hall–Kier alpha value is -1.39. The normalized spacial score (nSPS) is 38.8. The molecule has 2 aliphatic heterocycles. The van der Waals surface area contributed by atoms with E-state index in [1.807, 2.05) is 0 Å². The van der Waals surface area contributed by atoms with Crippen molar-refractivity contribution < 1.29 is 4.79 Å². The maximum Gasteiger partial charge on any atom is 0.226 e. The summed E-state index contributed by atoms with van der Waals surface area (Å²) in [6.07, 6.45) is 11.2. The Labute approximate surface area is 155 Å². The first kappa shape index (κ1) is 15.6. The molecule has 1 aromatic rings. The largest absolute Gasteiger partial charge is 0.342 e. The topological polar surface area (TPSA) is 51.0 Å². The van der Waals surface area contributed by atoms with E-state index in [9.17, 15) is 4.79 Å². The molecule has 3 heterocycles. The average Bonchev–Trinajstić information content (AvgIpc) is 2.95. The fourth-order valence-corrected chi connectivity index (χ4v) is 7.03. The van der Waals surface area contributed by atoms with Crippen LogP contribution in [0.5, 0.6) is 0 Å². The third kappa shape index (κ3) is 2.24. The van der Waals surface area contributed by atoms with Gasteiger partial charge in [-0.25, -0.2) is 0 Å². The van der Waals surface area contributed by atoms with Crippen LogP contribution in [0.15, 0.2) is 0 Å². The van der Waals surface area contributed by atoms with E-state index < -0.39 is 0 Å². The first-order chi connectivity index (χ1) is 12.8. The van der Waals surface area contributed by atoms with Crippen molar-refractivity contribution in [2.45, 2.75) is 70.3 Å². The molecule has 1 amide bonds. The molecule has 4 fully saturated rings. The molecule has 26 heavy (non-hydrogen) atoms. The highest BCUT2D eigenvalue weighted by Crippen LogP contribution is 2.69. The minimum Gasteiger partial charge on any atom is -0.342 e. The number of aryl methyl sites for hydroxylation is 1. The summed E-state index contributed by atoms with van der Waals surface area (Å²) in [7, 11) is 0. The molecule has 2 bridgehead atoms. The van der Waals surface area contributed by atoms with Gasteiger partial charge in [0.25, 0.3) is 0 Å². The van der Waals surface area contributed by atoms with Crippen LogP contribution in [0.2, 0.25) is 0 Å². The molecule has 1 unspecified atom stereocenters. The molecular weight excluding hydrogens is 324 g/mol. The fraction of sp³-hybridized carbons (Fsp3) is 0.857. The van der Waals surface area contributed by atoms with E-state index in [0.29, 0.717) is 17.7 Å². The third-order valence-electron chi connectivity index (χ3n) is 8.33. The highest BCUT2D eigenvalue weighted by atomic mass is 16.2. The maximum atomic E-state index is 13.1. The Bertz CT molecular complexity index is 704. The van der Waals surface area contributed by atoms with Crippen LogP contribution in [-0.4, -0.2) is 38.7 Å². The Morgan fingerprint density at radius 1 is 0.885 bits per heavy atom. The van der Waals surface area contributed by atoms with Crippen LogP contribution in [0.3, 0.4) is 0 Å². The minimum atomic E-state index is 0.405. The molecule has 0 N–H and O–H groups in total. The second kappa shape index (κ2) is 5.80. The Balaban J connectivity index is 1.11. The maximum absolute atomic E-state index is 13.1. The van der Waals surface area contributed by atoms with Crippen LogP contribution in [0, 0.1) is 29.6 Å². The van der Waals surface area contributed by atoms with Crippen LogP contribution < -0.4 is 0 Å². The lowest BCUT2D eigenvalue weighted by Gasteiger charge is -2.32. The van der Waals surface area contributed by atoms with Crippen LogP contribution in [0.1, 0.15) is 68.9 Å². The molecule has 5 nitrogen and oxygen atoms in total. The van der Waals surface area contributed by atoms with Gasteiger partial charge < -0.3 is 9.47 Å². The van der Waals surface area contributed by atoms with E-state index in [2.05, 4.69) is 19.7 Å². The second-order valence-corrected chi connectivity index (χ2v) is 9.55. The SMILES string of the molecule is O=C(C1[C@@H]2[C@H]3CC[C@@H](C3)[C@H]12)N1CCC(c2nnc3n2CCCCC3)CC1. The molecular formula is C21H30N4O.